The minimum atomic E-state index is 0.193. The van der Waals surface area contributed by atoms with Gasteiger partial charge in [-0.2, -0.15) is 0 Å². The Balaban J connectivity index is 2.11. The summed E-state index contributed by atoms with van der Waals surface area (Å²) in [5.74, 6) is 2.41. The van der Waals surface area contributed by atoms with Crippen LogP contribution in [0.2, 0.25) is 0 Å². The van der Waals surface area contributed by atoms with E-state index >= 15 is 0 Å². The van der Waals surface area contributed by atoms with Crippen LogP contribution < -0.4 is 0 Å². The summed E-state index contributed by atoms with van der Waals surface area (Å²) >= 11 is 0. The molecule has 0 amide bonds. The molecule has 0 aliphatic heterocycles. The average molecular weight is 214 g/mol. The van der Waals surface area contributed by atoms with E-state index in [1.807, 2.05) is 6.26 Å². The highest BCUT2D eigenvalue weighted by Gasteiger charge is 2.42. The molecule has 0 saturated carbocycles. The Labute approximate surface area is 96.8 Å². The van der Waals surface area contributed by atoms with E-state index in [0.717, 1.165) is 6.42 Å². The van der Waals surface area contributed by atoms with Crippen molar-refractivity contribution in [3.8, 4) is 0 Å². The van der Waals surface area contributed by atoms with Crippen LogP contribution in [0.25, 0.3) is 0 Å². The molecule has 3 rings (SSSR count). The van der Waals surface area contributed by atoms with Crippen molar-refractivity contribution in [2.75, 3.05) is 0 Å². The van der Waals surface area contributed by atoms with Gasteiger partial charge in [0.25, 0.3) is 0 Å². The lowest BCUT2D eigenvalue weighted by atomic mass is 9.61. The van der Waals surface area contributed by atoms with E-state index in [2.05, 4.69) is 45.1 Å². The SMILES string of the molecule is CC1=CC2Cc3occc3C(C)(C)C2C=C1. The molecule has 2 aliphatic carbocycles. The zero-order chi connectivity index (χ0) is 11.3. The van der Waals surface area contributed by atoms with Crippen LogP contribution >= 0.6 is 0 Å². The van der Waals surface area contributed by atoms with E-state index in [1.165, 1.54) is 16.9 Å². The van der Waals surface area contributed by atoms with Crippen LogP contribution in [0, 0.1) is 11.8 Å². The molecule has 0 aromatic carbocycles. The molecule has 84 valence electrons. The maximum Gasteiger partial charge on any atom is 0.108 e. The van der Waals surface area contributed by atoms with Gasteiger partial charge in [0.1, 0.15) is 5.76 Å². The highest BCUT2D eigenvalue weighted by Crippen LogP contribution is 2.47. The molecule has 0 spiro atoms. The molecule has 0 bridgehead atoms. The fourth-order valence-corrected chi connectivity index (χ4v) is 3.32. The summed E-state index contributed by atoms with van der Waals surface area (Å²) in [4.78, 5) is 0. The largest absolute Gasteiger partial charge is 0.469 e. The first-order valence-corrected chi connectivity index (χ1v) is 6.02. The summed E-state index contributed by atoms with van der Waals surface area (Å²) in [5.41, 5.74) is 2.97. The topological polar surface area (TPSA) is 13.1 Å². The van der Waals surface area contributed by atoms with Gasteiger partial charge in [-0.05, 0) is 35.8 Å². The van der Waals surface area contributed by atoms with Crippen molar-refractivity contribution in [1.29, 1.82) is 0 Å². The monoisotopic (exact) mass is 214 g/mol. The third kappa shape index (κ3) is 1.24. The molecular formula is C15H18O. The average Bonchev–Trinajstić information content (AvgIpc) is 2.65. The van der Waals surface area contributed by atoms with Gasteiger partial charge in [0.2, 0.25) is 0 Å². The first-order valence-electron chi connectivity index (χ1n) is 6.02. The van der Waals surface area contributed by atoms with Crippen molar-refractivity contribution in [3.05, 3.63) is 47.5 Å². The molecule has 1 aromatic rings. The summed E-state index contributed by atoms with van der Waals surface area (Å²) in [6, 6.07) is 2.14. The molecule has 0 N–H and O–H groups in total. The van der Waals surface area contributed by atoms with Crippen LogP contribution in [-0.4, -0.2) is 0 Å². The van der Waals surface area contributed by atoms with Gasteiger partial charge < -0.3 is 4.42 Å². The van der Waals surface area contributed by atoms with Crippen molar-refractivity contribution in [3.63, 3.8) is 0 Å². The number of hydrogen-bond donors (Lipinski definition) is 0. The Morgan fingerprint density at radius 1 is 1.38 bits per heavy atom. The fourth-order valence-electron chi connectivity index (χ4n) is 3.32. The second-order valence-corrected chi connectivity index (χ2v) is 5.64. The van der Waals surface area contributed by atoms with Gasteiger partial charge >= 0.3 is 0 Å². The van der Waals surface area contributed by atoms with Crippen LogP contribution in [0.1, 0.15) is 32.1 Å². The van der Waals surface area contributed by atoms with Crippen molar-refractivity contribution < 1.29 is 4.42 Å². The molecule has 1 aromatic heterocycles. The Hall–Kier alpha value is -1.24. The highest BCUT2D eigenvalue weighted by molar-refractivity contribution is 5.38. The minimum absolute atomic E-state index is 0.193. The lowest BCUT2D eigenvalue weighted by Crippen LogP contribution is -2.38. The van der Waals surface area contributed by atoms with Crippen LogP contribution in [0.4, 0.5) is 0 Å². The van der Waals surface area contributed by atoms with E-state index in [9.17, 15) is 0 Å². The maximum atomic E-state index is 5.62. The summed E-state index contributed by atoms with van der Waals surface area (Å²) in [6.07, 6.45) is 9.93. The smallest absolute Gasteiger partial charge is 0.108 e. The summed E-state index contributed by atoms with van der Waals surface area (Å²) in [7, 11) is 0. The van der Waals surface area contributed by atoms with Gasteiger partial charge in [0.15, 0.2) is 0 Å². The van der Waals surface area contributed by atoms with Gasteiger partial charge in [-0.15, -0.1) is 0 Å². The van der Waals surface area contributed by atoms with E-state index < -0.39 is 0 Å². The summed E-state index contributed by atoms with van der Waals surface area (Å²) in [5, 5.41) is 0. The third-order valence-corrected chi connectivity index (χ3v) is 4.20. The molecule has 0 fully saturated rings. The van der Waals surface area contributed by atoms with E-state index in [-0.39, 0.29) is 5.41 Å². The predicted octanol–water partition coefficient (Wildman–Crippen LogP) is 3.86. The van der Waals surface area contributed by atoms with Crippen molar-refractivity contribution >= 4 is 0 Å². The van der Waals surface area contributed by atoms with E-state index in [0.29, 0.717) is 11.8 Å². The first kappa shape index (κ1) is 9.95. The van der Waals surface area contributed by atoms with E-state index in [1.54, 1.807) is 0 Å². The fraction of sp³-hybridized carbons (Fsp3) is 0.467. The normalized spacial score (nSPS) is 30.6. The molecule has 16 heavy (non-hydrogen) atoms. The molecule has 1 heterocycles. The van der Waals surface area contributed by atoms with Gasteiger partial charge in [0, 0.05) is 6.42 Å². The van der Waals surface area contributed by atoms with Crippen LogP contribution in [0.15, 0.2) is 40.5 Å². The first-order chi connectivity index (χ1) is 7.59. The van der Waals surface area contributed by atoms with Gasteiger partial charge in [-0.1, -0.05) is 37.6 Å². The summed E-state index contributed by atoms with van der Waals surface area (Å²) < 4.78 is 5.62. The number of hydrogen-bond acceptors (Lipinski definition) is 1. The molecule has 2 unspecified atom stereocenters. The van der Waals surface area contributed by atoms with Crippen molar-refractivity contribution in [2.45, 2.75) is 32.6 Å². The Morgan fingerprint density at radius 3 is 3.00 bits per heavy atom. The number of fused-ring (bicyclic) bond motifs is 2. The zero-order valence-electron chi connectivity index (χ0n) is 10.2. The minimum Gasteiger partial charge on any atom is -0.469 e. The quantitative estimate of drug-likeness (QED) is 0.639. The maximum absolute atomic E-state index is 5.62. The number of rotatable bonds is 0. The lowest BCUT2D eigenvalue weighted by Gasteiger charge is -2.42. The van der Waals surface area contributed by atoms with Gasteiger partial charge in [-0.3, -0.25) is 0 Å². The van der Waals surface area contributed by atoms with Crippen LogP contribution in [0.3, 0.4) is 0 Å². The van der Waals surface area contributed by atoms with E-state index in [4.69, 9.17) is 4.42 Å². The molecule has 2 aliphatic rings. The Bertz CT molecular complexity index is 473. The number of allylic oxidation sites excluding steroid dienone is 4. The van der Waals surface area contributed by atoms with Crippen LogP contribution in [-0.2, 0) is 11.8 Å². The Morgan fingerprint density at radius 2 is 2.19 bits per heavy atom. The molecule has 0 radical (unpaired) electrons. The summed E-state index contributed by atoms with van der Waals surface area (Å²) in [6.45, 7) is 6.84. The van der Waals surface area contributed by atoms with Crippen LogP contribution in [0.5, 0.6) is 0 Å². The second kappa shape index (κ2) is 3.13. The highest BCUT2D eigenvalue weighted by atomic mass is 16.3. The van der Waals surface area contributed by atoms with Gasteiger partial charge in [-0.25, -0.2) is 0 Å². The predicted molar refractivity (Wildman–Crippen MR) is 65.3 cm³/mol. The van der Waals surface area contributed by atoms with Crippen molar-refractivity contribution in [1.82, 2.24) is 0 Å². The Kier molecular flexibility index (Phi) is 1.95. The molecule has 2 atom stereocenters. The second-order valence-electron chi connectivity index (χ2n) is 5.64. The molecule has 0 saturated heterocycles. The standard InChI is InChI=1S/C15H18O/c1-10-4-5-12-11(8-10)9-14-13(6-7-16-14)15(12,2)3/h4-8,11-12H,9H2,1-3H3. The third-order valence-electron chi connectivity index (χ3n) is 4.20. The zero-order valence-corrected chi connectivity index (χ0v) is 10.2. The molecule has 1 nitrogen and oxygen atoms in total. The number of furan rings is 1. The van der Waals surface area contributed by atoms with Crippen molar-refractivity contribution in [2.24, 2.45) is 11.8 Å². The molecular weight excluding hydrogens is 196 g/mol. The molecule has 1 heteroatoms. The van der Waals surface area contributed by atoms with Gasteiger partial charge in [0.05, 0.1) is 6.26 Å². The lowest BCUT2D eigenvalue weighted by molar-refractivity contribution is 0.256.